The first-order valence-electron chi connectivity index (χ1n) is 6.13. The molecule has 0 spiro atoms. The van der Waals surface area contributed by atoms with Gasteiger partial charge in [-0.05, 0) is 0 Å². The van der Waals surface area contributed by atoms with Crippen LogP contribution in [0.15, 0.2) is 6.20 Å². The summed E-state index contributed by atoms with van der Waals surface area (Å²) in [5, 5.41) is 3.20. The number of hydrogen-bond acceptors (Lipinski definition) is 5. The highest BCUT2D eigenvalue weighted by molar-refractivity contribution is 6.32. The lowest BCUT2D eigenvalue weighted by Crippen LogP contribution is -2.49. The quantitative estimate of drug-likeness (QED) is 0.923. The van der Waals surface area contributed by atoms with Gasteiger partial charge in [-0.25, -0.2) is 4.98 Å². The molecule has 5 nitrogen and oxygen atoms in total. The molecule has 112 valence electrons. The fourth-order valence-corrected chi connectivity index (χ4v) is 2.28. The zero-order valence-corrected chi connectivity index (χ0v) is 11.7. The maximum absolute atomic E-state index is 12.3. The predicted molar refractivity (Wildman–Crippen MR) is 71.3 cm³/mol. The second-order valence-corrected chi connectivity index (χ2v) is 4.90. The summed E-state index contributed by atoms with van der Waals surface area (Å²) in [6, 6.07) is 0. The van der Waals surface area contributed by atoms with Crippen molar-refractivity contribution in [2.24, 2.45) is 0 Å². The Bertz CT molecular complexity index is 460. The Morgan fingerprint density at radius 1 is 1.30 bits per heavy atom. The van der Waals surface area contributed by atoms with E-state index in [4.69, 9.17) is 11.6 Å². The van der Waals surface area contributed by atoms with Gasteiger partial charge in [-0.1, -0.05) is 11.6 Å². The maximum atomic E-state index is 12.3. The topological polar surface area (TPSA) is 44.3 Å². The van der Waals surface area contributed by atoms with Crippen LogP contribution >= 0.6 is 11.6 Å². The molecule has 0 bridgehead atoms. The number of hydrogen-bond donors (Lipinski definition) is 1. The largest absolute Gasteiger partial charge is 0.401 e. The molecule has 1 saturated heterocycles. The van der Waals surface area contributed by atoms with Crippen molar-refractivity contribution in [1.29, 1.82) is 0 Å². The summed E-state index contributed by atoms with van der Waals surface area (Å²) in [5.74, 6) is 0.986. The van der Waals surface area contributed by atoms with E-state index in [1.54, 1.807) is 7.05 Å². The summed E-state index contributed by atoms with van der Waals surface area (Å²) in [6.45, 7) is 0.690. The normalized spacial score (nSPS) is 17.4. The number of aromatic nitrogens is 2. The van der Waals surface area contributed by atoms with E-state index in [1.807, 2.05) is 4.90 Å². The highest BCUT2D eigenvalue weighted by Crippen LogP contribution is 2.25. The smallest absolute Gasteiger partial charge is 0.357 e. The van der Waals surface area contributed by atoms with Crippen LogP contribution in [0.25, 0.3) is 0 Å². The fraction of sp³-hybridized carbons (Fsp3) is 0.636. The average molecular weight is 310 g/mol. The zero-order chi connectivity index (χ0) is 14.8. The first-order chi connectivity index (χ1) is 9.39. The molecule has 1 aliphatic rings. The van der Waals surface area contributed by atoms with E-state index < -0.39 is 12.7 Å². The Balaban J connectivity index is 2.00. The van der Waals surface area contributed by atoms with Gasteiger partial charge in [0.25, 0.3) is 0 Å². The molecule has 0 atom stereocenters. The summed E-state index contributed by atoms with van der Waals surface area (Å²) < 4.78 is 37.0. The highest BCUT2D eigenvalue weighted by atomic mass is 35.5. The van der Waals surface area contributed by atoms with Crippen molar-refractivity contribution in [3.63, 3.8) is 0 Å². The average Bonchev–Trinajstić information content (AvgIpc) is 2.39. The lowest BCUT2D eigenvalue weighted by molar-refractivity contribution is -0.146. The Hall–Kier alpha value is -1.28. The van der Waals surface area contributed by atoms with Gasteiger partial charge in [0.15, 0.2) is 5.82 Å². The molecule has 0 aromatic carbocycles. The van der Waals surface area contributed by atoms with Crippen molar-refractivity contribution >= 4 is 23.4 Å². The third-order valence-electron chi connectivity index (χ3n) is 3.02. The molecule has 0 aliphatic carbocycles. The molecule has 20 heavy (non-hydrogen) atoms. The maximum Gasteiger partial charge on any atom is 0.401 e. The molecule has 9 heteroatoms. The molecule has 1 N–H and O–H groups in total. The Labute approximate surface area is 119 Å². The van der Waals surface area contributed by atoms with E-state index >= 15 is 0 Å². The molecule has 2 rings (SSSR count). The van der Waals surface area contributed by atoms with Crippen LogP contribution in [0.2, 0.25) is 5.02 Å². The first kappa shape index (κ1) is 15.1. The van der Waals surface area contributed by atoms with Gasteiger partial charge in [0.2, 0.25) is 5.95 Å². The Morgan fingerprint density at radius 3 is 2.50 bits per heavy atom. The molecule has 2 heterocycles. The summed E-state index contributed by atoms with van der Waals surface area (Å²) in [7, 11) is 1.69. The predicted octanol–water partition coefficient (Wildman–Crippen LogP) is 1.86. The third-order valence-corrected chi connectivity index (χ3v) is 3.29. The lowest BCUT2D eigenvalue weighted by atomic mass is 10.3. The molecule has 0 saturated carbocycles. The second kappa shape index (κ2) is 6.01. The number of halogens is 4. The fourth-order valence-electron chi connectivity index (χ4n) is 2.07. The molecule has 0 unspecified atom stereocenters. The minimum atomic E-state index is -4.16. The lowest BCUT2D eigenvalue weighted by Gasteiger charge is -2.35. The van der Waals surface area contributed by atoms with Crippen LogP contribution in [0.4, 0.5) is 24.9 Å². The van der Waals surface area contributed by atoms with Crippen molar-refractivity contribution in [3.8, 4) is 0 Å². The van der Waals surface area contributed by atoms with Crippen LogP contribution < -0.4 is 10.2 Å². The van der Waals surface area contributed by atoms with Gasteiger partial charge in [-0.15, -0.1) is 0 Å². The number of rotatable bonds is 3. The van der Waals surface area contributed by atoms with Crippen LogP contribution in [0.5, 0.6) is 0 Å². The summed E-state index contributed by atoms with van der Waals surface area (Å²) >= 11 is 6.04. The molecule has 1 aromatic heterocycles. The van der Waals surface area contributed by atoms with Gasteiger partial charge in [0.1, 0.15) is 5.02 Å². The van der Waals surface area contributed by atoms with Gasteiger partial charge >= 0.3 is 6.18 Å². The van der Waals surface area contributed by atoms with Crippen LogP contribution in [-0.4, -0.2) is 60.8 Å². The molecule has 0 amide bonds. The SMILES string of the molecule is CNc1ncc(Cl)c(N2CCN(CC(F)(F)F)CC2)n1. The molecular weight excluding hydrogens is 295 g/mol. The van der Waals surface area contributed by atoms with Gasteiger partial charge < -0.3 is 10.2 Å². The third kappa shape index (κ3) is 3.86. The van der Waals surface area contributed by atoms with Crippen molar-refractivity contribution < 1.29 is 13.2 Å². The molecular formula is C11H15ClF3N5. The number of anilines is 2. The molecule has 0 radical (unpaired) electrons. The van der Waals surface area contributed by atoms with Crippen molar-refractivity contribution in [1.82, 2.24) is 14.9 Å². The number of nitrogens with one attached hydrogen (secondary N) is 1. The van der Waals surface area contributed by atoms with Crippen molar-refractivity contribution in [2.45, 2.75) is 6.18 Å². The van der Waals surface area contributed by atoms with Crippen LogP contribution in [-0.2, 0) is 0 Å². The van der Waals surface area contributed by atoms with Gasteiger partial charge in [-0.2, -0.15) is 18.2 Å². The molecule has 1 fully saturated rings. The van der Waals surface area contributed by atoms with Crippen LogP contribution in [0.3, 0.4) is 0 Å². The summed E-state index contributed by atoms with van der Waals surface area (Å²) in [5.41, 5.74) is 0. The minimum Gasteiger partial charge on any atom is -0.357 e. The van der Waals surface area contributed by atoms with Crippen molar-refractivity contribution in [3.05, 3.63) is 11.2 Å². The summed E-state index contributed by atoms with van der Waals surface area (Å²) in [6.07, 6.45) is -2.67. The van der Waals surface area contributed by atoms with Crippen LogP contribution in [0.1, 0.15) is 0 Å². The van der Waals surface area contributed by atoms with E-state index in [0.29, 0.717) is 43.0 Å². The Morgan fingerprint density at radius 2 is 1.95 bits per heavy atom. The van der Waals surface area contributed by atoms with E-state index in [-0.39, 0.29) is 0 Å². The number of alkyl halides is 3. The molecule has 1 aromatic rings. The zero-order valence-electron chi connectivity index (χ0n) is 10.9. The summed E-state index contributed by atoms with van der Waals surface area (Å²) in [4.78, 5) is 11.5. The Kier molecular flexibility index (Phi) is 4.54. The van der Waals surface area contributed by atoms with Gasteiger partial charge in [0, 0.05) is 33.2 Å². The van der Waals surface area contributed by atoms with E-state index in [1.165, 1.54) is 11.1 Å². The highest BCUT2D eigenvalue weighted by Gasteiger charge is 2.32. The van der Waals surface area contributed by atoms with E-state index in [2.05, 4.69) is 15.3 Å². The van der Waals surface area contributed by atoms with E-state index in [9.17, 15) is 13.2 Å². The van der Waals surface area contributed by atoms with E-state index in [0.717, 1.165) is 0 Å². The van der Waals surface area contributed by atoms with Crippen LogP contribution in [0, 0.1) is 0 Å². The van der Waals surface area contributed by atoms with Crippen molar-refractivity contribution in [2.75, 3.05) is 50.0 Å². The molecule has 1 aliphatic heterocycles. The number of nitrogens with zero attached hydrogens (tertiary/aromatic N) is 4. The standard InChI is InChI=1S/C11H15ClF3N5/c1-16-10-17-6-8(12)9(18-10)20-4-2-19(3-5-20)7-11(13,14)15/h6H,2-5,7H2,1H3,(H,16,17,18). The van der Waals surface area contributed by atoms with Gasteiger partial charge in [-0.3, -0.25) is 4.90 Å². The second-order valence-electron chi connectivity index (χ2n) is 4.49. The monoisotopic (exact) mass is 309 g/mol. The van der Waals surface area contributed by atoms with Gasteiger partial charge in [0.05, 0.1) is 12.7 Å². The minimum absolute atomic E-state index is 0.328. The first-order valence-corrected chi connectivity index (χ1v) is 6.51. The number of piperazine rings is 1.